The first-order valence-corrected chi connectivity index (χ1v) is 9.51. The number of thiazole rings is 1. The molecule has 142 valence electrons. The molecule has 1 N–H and O–H groups in total. The van der Waals surface area contributed by atoms with Gasteiger partial charge in [-0.25, -0.2) is 4.98 Å². The van der Waals surface area contributed by atoms with Gasteiger partial charge in [0.15, 0.2) is 5.13 Å². The molecule has 0 saturated heterocycles. The highest BCUT2D eigenvalue weighted by atomic mass is 32.1. The number of nitrogens with one attached hydrogen (secondary N) is 1. The summed E-state index contributed by atoms with van der Waals surface area (Å²) >= 11 is 1.46. The molecule has 4 rings (SSSR count). The fourth-order valence-corrected chi connectivity index (χ4v) is 4.28. The fraction of sp³-hybridized carbons (Fsp3) is 0.200. The molecule has 8 heteroatoms. The molecule has 2 aromatic carbocycles. The number of nitro groups is 1. The van der Waals surface area contributed by atoms with E-state index in [1.54, 1.807) is 7.11 Å². The van der Waals surface area contributed by atoms with Crippen molar-refractivity contribution in [1.29, 1.82) is 0 Å². The Bertz CT molecular complexity index is 1090. The molecule has 0 fully saturated rings. The van der Waals surface area contributed by atoms with Crippen molar-refractivity contribution in [2.24, 2.45) is 0 Å². The standard InChI is InChI=1S/C20H17N3O4S/c1-11-9-15-13(10-16(11)27-2)5-8-17-18(15)21-20(28-17)22-19(24)12-3-6-14(7-4-12)23(25)26/h3-4,6-7,9-10H,5,8H2,1-2H3,(H,21,22,24). The third-order valence-corrected chi connectivity index (χ3v) is 5.79. The molecule has 1 aliphatic carbocycles. The van der Waals surface area contributed by atoms with E-state index in [1.165, 1.54) is 41.2 Å². The number of aromatic nitrogens is 1. The number of ether oxygens (including phenoxy) is 1. The van der Waals surface area contributed by atoms with Gasteiger partial charge < -0.3 is 4.74 Å². The Labute approximate surface area is 165 Å². The fourth-order valence-electron chi connectivity index (χ4n) is 3.31. The molecule has 0 bridgehead atoms. The van der Waals surface area contributed by atoms with Gasteiger partial charge in [0.25, 0.3) is 11.6 Å². The van der Waals surface area contributed by atoms with Crippen LogP contribution < -0.4 is 10.1 Å². The van der Waals surface area contributed by atoms with Crippen LogP contribution in [0.2, 0.25) is 0 Å². The molecule has 0 radical (unpaired) electrons. The lowest BCUT2D eigenvalue weighted by Crippen LogP contribution is -2.11. The van der Waals surface area contributed by atoms with Gasteiger partial charge in [-0.1, -0.05) is 0 Å². The van der Waals surface area contributed by atoms with E-state index < -0.39 is 4.92 Å². The number of carbonyl (C=O) groups is 1. The number of fused-ring (bicyclic) bond motifs is 3. The summed E-state index contributed by atoms with van der Waals surface area (Å²) in [6.45, 7) is 2.00. The number of aryl methyl sites for hydroxylation is 3. The van der Waals surface area contributed by atoms with Crippen LogP contribution in [0.15, 0.2) is 36.4 Å². The predicted molar refractivity (Wildman–Crippen MR) is 107 cm³/mol. The first kappa shape index (κ1) is 18.1. The van der Waals surface area contributed by atoms with E-state index in [1.807, 2.05) is 6.92 Å². The van der Waals surface area contributed by atoms with Crippen molar-refractivity contribution >= 4 is 28.1 Å². The number of hydrogen-bond donors (Lipinski definition) is 1. The van der Waals surface area contributed by atoms with Crippen LogP contribution in [-0.2, 0) is 12.8 Å². The van der Waals surface area contributed by atoms with Gasteiger partial charge in [-0.3, -0.25) is 20.2 Å². The maximum absolute atomic E-state index is 12.5. The highest BCUT2D eigenvalue weighted by molar-refractivity contribution is 7.16. The highest BCUT2D eigenvalue weighted by Crippen LogP contribution is 2.40. The predicted octanol–water partition coefficient (Wildman–Crippen LogP) is 4.39. The van der Waals surface area contributed by atoms with Crippen LogP contribution in [0.3, 0.4) is 0 Å². The molecule has 3 aromatic rings. The van der Waals surface area contributed by atoms with Gasteiger partial charge in [0, 0.05) is 28.1 Å². The van der Waals surface area contributed by atoms with E-state index in [-0.39, 0.29) is 11.6 Å². The Morgan fingerprint density at radius 1 is 1.25 bits per heavy atom. The zero-order valence-electron chi connectivity index (χ0n) is 15.3. The molecule has 0 aliphatic heterocycles. The van der Waals surface area contributed by atoms with Crippen molar-refractivity contribution in [2.75, 3.05) is 12.4 Å². The minimum atomic E-state index is -0.495. The number of nitro benzene ring substituents is 1. The number of benzene rings is 2. The van der Waals surface area contributed by atoms with Gasteiger partial charge >= 0.3 is 0 Å². The quantitative estimate of drug-likeness (QED) is 0.522. The Morgan fingerprint density at radius 2 is 2.00 bits per heavy atom. The van der Waals surface area contributed by atoms with Crippen molar-refractivity contribution < 1.29 is 14.5 Å². The Hall–Kier alpha value is -3.26. The van der Waals surface area contributed by atoms with E-state index in [0.717, 1.165) is 40.3 Å². The number of nitrogens with zero attached hydrogens (tertiary/aromatic N) is 2. The maximum Gasteiger partial charge on any atom is 0.269 e. The van der Waals surface area contributed by atoms with Gasteiger partial charge in [-0.05, 0) is 55.2 Å². The maximum atomic E-state index is 12.5. The summed E-state index contributed by atoms with van der Waals surface area (Å²) in [6.07, 6.45) is 1.76. The Balaban J connectivity index is 1.60. The Kier molecular flexibility index (Phi) is 4.56. The smallest absolute Gasteiger partial charge is 0.269 e. The summed E-state index contributed by atoms with van der Waals surface area (Å²) < 4.78 is 5.41. The van der Waals surface area contributed by atoms with Gasteiger partial charge in [-0.2, -0.15) is 0 Å². The van der Waals surface area contributed by atoms with Crippen LogP contribution in [0.1, 0.15) is 26.4 Å². The lowest BCUT2D eigenvalue weighted by Gasteiger charge is -2.17. The largest absolute Gasteiger partial charge is 0.496 e. The molecule has 0 unspecified atom stereocenters. The average molecular weight is 395 g/mol. The highest BCUT2D eigenvalue weighted by Gasteiger charge is 2.23. The molecule has 1 aromatic heterocycles. The number of amides is 1. The average Bonchev–Trinajstić information content (AvgIpc) is 3.10. The SMILES string of the molecule is COc1cc2c(cc1C)-c1nc(NC(=O)c3ccc([N+](=O)[O-])cc3)sc1CC2. The Morgan fingerprint density at radius 3 is 2.68 bits per heavy atom. The summed E-state index contributed by atoms with van der Waals surface area (Å²) in [7, 11) is 1.66. The minimum Gasteiger partial charge on any atom is -0.496 e. The van der Waals surface area contributed by atoms with Crippen molar-refractivity contribution in [2.45, 2.75) is 19.8 Å². The second-order valence-electron chi connectivity index (χ2n) is 6.53. The normalized spacial score (nSPS) is 12.1. The lowest BCUT2D eigenvalue weighted by molar-refractivity contribution is -0.384. The van der Waals surface area contributed by atoms with Gasteiger partial charge in [0.2, 0.25) is 0 Å². The number of hydrogen-bond acceptors (Lipinski definition) is 6. The molecule has 28 heavy (non-hydrogen) atoms. The third kappa shape index (κ3) is 3.22. The summed E-state index contributed by atoms with van der Waals surface area (Å²) in [4.78, 5) is 28.5. The minimum absolute atomic E-state index is 0.0522. The molecule has 0 saturated carbocycles. The number of anilines is 1. The van der Waals surface area contributed by atoms with Crippen LogP contribution in [0.5, 0.6) is 5.75 Å². The van der Waals surface area contributed by atoms with Gasteiger partial charge in [0.1, 0.15) is 5.75 Å². The van der Waals surface area contributed by atoms with Crippen molar-refractivity contribution in [3.8, 4) is 17.0 Å². The van der Waals surface area contributed by atoms with E-state index in [0.29, 0.717) is 10.7 Å². The summed E-state index contributed by atoms with van der Waals surface area (Å²) in [5.41, 5.74) is 4.50. The third-order valence-electron chi connectivity index (χ3n) is 4.76. The zero-order valence-corrected chi connectivity index (χ0v) is 16.1. The van der Waals surface area contributed by atoms with Crippen LogP contribution in [0, 0.1) is 17.0 Å². The number of carbonyl (C=O) groups excluding carboxylic acids is 1. The van der Waals surface area contributed by atoms with Crippen LogP contribution >= 0.6 is 11.3 Å². The van der Waals surface area contributed by atoms with Crippen LogP contribution in [-0.4, -0.2) is 22.9 Å². The van der Waals surface area contributed by atoms with E-state index in [9.17, 15) is 14.9 Å². The molecule has 0 atom stereocenters. The van der Waals surface area contributed by atoms with Crippen LogP contribution in [0.4, 0.5) is 10.8 Å². The van der Waals surface area contributed by atoms with Crippen molar-refractivity contribution in [3.63, 3.8) is 0 Å². The first-order valence-electron chi connectivity index (χ1n) is 8.69. The van der Waals surface area contributed by atoms with Crippen molar-refractivity contribution in [3.05, 3.63) is 68.1 Å². The summed E-state index contributed by atoms with van der Waals surface area (Å²) in [5, 5.41) is 14.1. The van der Waals surface area contributed by atoms with Crippen LogP contribution in [0.25, 0.3) is 11.3 Å². The number of rotatable bonds is 4. The molecular formula is C20H17N3O4S. The van der Waals surface area contributed by atoms with Crippen molar-refractivity contribution in [1.82, 2.24) is 4.98 Å². The van der Waals surface area contributed by atoms with E-state index in [2.05, 4.69) is 22.4 Å². The van der Waals surface area contributed by atoms with Gasteiger partial charge in [0.05, 0.1) is 17.7 Å². The molecule has 0 spiro atoms. The molecule has 1 amide bonds. The monoisotopic (exact) mass is 395 g/mol. The molecule has 1 heterocycles. The molecular weight excluding hydrogens is 378 g/mol. The molecule has 1 aliphatic rings. The zero-order chi connectivity index (χ0) is 19.8. The first-order chi connectivity index (χ1) is 13.5. The number of non-ortho nitro benzene ring substituents is 1. The van der Waals surface area contributed by atoms with E-state index in [4.69, 9.17) is 4.74 Å². The lowest BCUT2D eigenvalue weighted by atomic mass is 9.91. The second-order valence-corrected chi connectivity index (χ2v) is 7.61. The van der Waals surface area contributed by atoms with Gasteiger partial charge in [-0.15, -0.1) is 11.3 Å². The topological polar surface area (TPSA) is 94.4 Å². The summed E-state index contributed by atoms with van der Waals surface area (Å²) in [5.74, 6) is 0.524. The summed E-state index contributed by atoms with van der Waals surface area (Å²) in [6, 6.07) is 9.64. The van der Waals surface area contributed by atoms with E-state index >= 15 is 0 Å². The number of methoxy groups -OCH3 is 1. The second kappa shape index (κ2) is 7.05. The molecule has 7 nitrogen and oxygen atoms in total.